The van der Waals surface area contributed by atoms with Gasteiger partial charge in [-0.3, -0.25) is 4.90 Å². The molecule has 0 amide bonds. The van der Waals surface area contributed by atoms with Crippen molar-refractivity contribution in [1.82, 2.24) is 4.90 Å². The molecule has 1 aliphatic heterocycles. The molecule has 0 N–H and O–H groups in total. The third-order valence-electron chi connectivity index (χ3n) is 2.02. The molecule has 1 heterocycles. The number of halogens is 3. The maximum absolute atomic E-state index is 5.82. The van der Waals surface area contributed by atoms with Crippen molar-refractivity contribution in [3.8, 4) is 0 Å². The Kier molecular flexibility index (Phi) is 4.73. The summed E-state index contributed by atoms with van der Waals surface area (Å²) in [4.78, 5) is 2.27. The van der Waals surface area contributed by atoms with Crippen LogP contribution in [0.2, 0.25) is 0 Å². The molecule has 0 unspecified atom stereocenters. The molecule has 0 spiro atoms. The van der Waals surface area contributed by atoms with E-state index >= 15 is 0 Å². The Morgan fingerprint density at radius 1 is 1.00 bits per heavy atom. The topological polar surface area (TPSA) is 3.24 Å². The highest BCUT2D eigenvalue weighted by atomic mass is 35.5. The van der Waals surface area contributed by atoms with Crippen molar-refractivity contribution in [2.75, 3.05) is 19.6 Å². The first kappa shape index (κ1) is 10.6. The van der Waals surface area contributed by atoms with Crippen LogP contribution in [0, 0.1) is 0 Å². The molecular weight excluding hydrogens is 216 g/mol. The van der Waals surface area contributed by atoms with Crippen LogP contribution in [0.3, 0.4) is 0 Å². The van der Waals surface area contributed by atoms with Gasteiger partial charge in [-0.05, 0) is 25.9 Å². The van der Waals surface area contributed by atoms with Gasteiger partial charge in [0.15, 0.2) is 0 Å². The normalized spacial score (nSPS) is 19.2. The average molecular weight is 229 g/mol. The summed E-state index contributed by atoms with van der Waals surface area (Å²) >= 11 is 16.9. The summed E-state index contributed by atoms with van der Waals surface area (Å²) in [5.74, 6) is 0. The van der Waals surface area contributed by atoms with Crippen molar-refractivity contribution >= 4 is 34.8 Å². The number of hydrogen-bond donors (Lipinski definition) is 0. The second-order valence-corrected chi connectivity index (χ2v) is 4.41. The van der Waals surface area contributed by atoms with Crippen LogP contribution >= 0.6 is 34.8 Å². The fourth-order valence-electron chi connectivity index (χ4n) is 1.37. The van der Waals surface area contributed by atoms with E-state index in [-0.39, 0.29) is 4.49 Å². The lowest BCUT2D eigenvalue weighted by Crippen LogP contribution is -2.30. The minimum atomic E-state index is 0.197. The van der Waals surface area contributed by atoms with E-state index in [0.29, 0.717) is 11.6 Å². The standard InChI is InChI=1S/C8H12Cl3N/c9-7(8(10)11)6-12-4-2-1-3-5-12/h1-6H2. The van der Waals surface area contributed by atoms with Crippen LogP contribution in [0.15, 0.2) is 9.52 Å². The van der Waals surface area contributed by atoms with Gasteiger partial charge < -0.3 is 0 Å². The molecule has 1 rings (SSSR count). The Bertz CT molecular complexity index is 169. The van der Waals surface area contributed by atoms with Gasteiger partial charge in [0.1, 0.15) is 4.49 Å². The number of likely N-dealkylation sites (tertiary alicyclic amines) is 1. The van der Waals surface area contributed by atoms with Gasteiger partial charge in [0, 0.05) is 6.54 Å². The van der Waals surface area contributed by atoms with Crippen LogP contribution in [-0.2, 0) is 0 Å². The largest absolute Gasteiger partial charge is 0.298 e. The van der Waals surface area contributed by atoms with Gasteiger partial charge in [0.25, 0.3) is 0 Å². The number of rotatable bonds is 2. The molecule has 0 atom stereocenters. The van der Waals surface area contributed by atoms with Gasteiger partial charge in [0.05, 0.1) is 5.03 Å². The lowest BCUT2D eigenvalue weighted by molar-refractivity contribution is 0.250. The van der Waals surface area contributed by atoms with E-state index in [9.17, 15) is 0 Å². The maximum Gasteiger partial charge on any atom is 0.122 e. The minimum absolute atomic E-state index is 0.197. The van der Waals surface area contributed by atoms with E-state index in [4.69, 9.17) is 34.8 Å². The number of piperidine rings is 1. The van der Waals surface area contributed by atoms with Crippen molar-refractivity contribution in [3.05, 3.63) is 9.52 Å². The van der Waals surface area contributed by atoms with E-state index in [1.54, 1.807) is 0 Å². The summed E-state index contributed by atoms with van der Waals surface area (Å²) < 4.78 is 0.197. The van der Waals surface area contributed by atoms with Gasteiger partial charge in [-0.2, -0.15) is 0 Å². The SMILES string of the molecule is ClC(Cl)=C(Cl)CN1CCCCC1. The van der Waals surface area contributed by atoms with Crippen molar-refractivity contribution in [2.24, 2.45) is 0 Å². The predicted molar refractivity (Wildman–Crippen MR) is 54.9 cm³/mol. The molecule has 4 heteroatoms. The first-order valence-electron chi connectivity index (χ1n) is 4.12. The van der Waals surface area contributed by atoms with Crippen LogP contribution in [0.25, 0.3) is 0 Å². The van der Waals surface area contributed by atoms with Crippen LogP contribution in [0.1, 0.15) is 19.3 Å². The molecule has 0 aliphatic carbocycles. The summed E-state index contributed by atoms with van der Waals surface area (Å²) in [5, 5.41) is 0.556. The second kappa shape index (κ2) is 5.33. The molecule has 0 bridgehead atoms. The Morgan fingerprint density at radius 2 is 1.58 bits per heavy atom. The van der Waals surface area contributed by atoms with Gasteiger partial charge in [0.2, 0.25) is 0 Å². The molecule has 0 saturated carbocycles. The van der Waals surface area contributed by atoms with Crippen LogP contribution < -0.4 is 0 Å². The van der Waals surface area contributed by atoms with Gasteiger partial charge >= 0.3 is 0 Å². The molecule has 1 fully saturated rings. The molecule has 1 nitrogen and oxygen atoms in total. The van der Waals surface area contributed by atoms with Crippen LogP contribution in [0.4, 0.5) is 0 Å². The zero-order valence-corrected chi connectivity index (χ0v) is 9.09. The van der Waals surface area contributed by atoms with Crippen LogP contribution in [0.5, 0.6) is 0 Å². The minimum Gasteiger partial charge on any atom is -0.298 e. The highest BCUT2D eigenvalue weighted by molar-refractivity contribution is 6.59. The lowest BCUT2D eigenvalue weighted by Gasteiger charge is -2.25. The summed E-state index contributed by atoms with van der Waals surface area (Å²) in [7, 11) is 0. The smallest absolute Gasteiger partial charge is 0.122 e. The first-order chi connectivity index (χ1) is 5.70. The fraction of sp³-hybridized carbons (Fsp3) is 0.750. The van der Waals surface area contributed by atoms with Crippen molar-refractivity contribution < 1.29 is 0 Å². The Balaban J connectivity index is 2.34. The molecule has 0 aromatic rings. The first-order valence-corrected chi connectivity index (χ1v) is 5.25. The third-order valence-corrected chi connectivity index (χ3v) is 2.97. The van der Waals surface area contributed by atoms with Crippen molar-refractivity contribution in [3.63, 3.8) is 0 Å². The van der Waals surface area contributed by atoms with E-state index in [0.717, 1.165) is 13.1 Å². The zero-order valence-electron chi connectivity index (χ0n) is 6.82. The van der Waals surface area contributed by atoms with Crippen LogP contribution in [-0.4, -0.2) is 24.5 Å². The molecular formula is C8H12Cl3N. The van der Waals surface area contributed by atoms with E-state index < -0.39 is 0 Å². The average Bonchev–Trinajstić information content (AvgIpc) is 2.06. The predicted octanol–water partition coefficient (Wildman–Crippen LogP) is 3.36. The van der Waals surface area contributed by atoms with E-state index in [1.807, 2.05) is 0 Å². The van der Waals surface area contributed by atoms with Gasteiger partial charge in [-0.15, -0.1) is 0 Å². The maximum atomic E-state index is 5.82. The molecule has 0 radical (unpaired) electrons. The molecule has 0 aromatic carbocycles. The Morgan fingerprint density at radius 3 is 2.08 bits per heavy atom. The molecule has 1 saturated heterocycles. The summed E-state index contributed by atoms with van der Waals surface area (Å²) in [6, 6.07) is 0. The van der Waals surface area contributed by atoms with E-state index in [2.05, 4.69) is 4.90 Å². The van der Waals surface area contributed by atoms with Gasteiger partial charge in [-0.1, -0.05) is 41.2 Å². The molecule has 70 valence electrons. The number of nitrogens with zero attached hydrogens (tertiary/aromatic N) is 1. The monoisotopic (exact) mass is 227 g/mol. The number of hydrogen-bond acceptors (Lipinski definition) is 1. The third kappa shape index (κ3) is 3.53. The van der Waals surface area contributed by atoms with Crippen molar-refractivity contribution in [2.45, 2.75) is 19.3 Å². The Hall–Kier alpha value is 0.570. The molecule has 0 aromatic heterocycles. The lowest BCUT2D eigenvalue weighted by atomic mass is 10.1. The Labute approximate surface area is 88.3 Å². The molecule has 12 heavy (non-hydrogen) atoms. The summed E-state index contributed by atoms with van der Waals surface area (Å²) in [6.45, 7) is 2.92. The fourth-order valence-corrected chi connectivity index (χ4v) is 1.66. The van der Waals surface area contributed by atoms with Gasteiger partial charge in [-0.25, -0.2) is 0 Å². The molecule has 1 aliphatic rings. The van der Waals surface area contributed by atoms with E-state index in [1.165, 1.54) is 19.3 Å². The zero-order chi connectivity index (χ0) is 8.97. The summed E-state index contributed by atoms with van der Waals surface area (Å²) in [5.41, 5.74) is 0. The highest BCUT2D eigenvalue weighted by Gasteiger charge is 2.11. The van der Waals surface area contributed by atoms with Crippen molar-refractivity contribution in [1.29, 1.82) is 0 Å². The quantitative estimate of drug-likeness (QED) is 0.701. The highest BCUT2D eigenvalue weighted by Crippen LogP contribution is 2.20. The second-order valence-electron chi connectivity index (χ2n) is 3.00. The summed E-state index contributed by atoms with van der Waals surface area (Å²) in [6.07, 6.45) is 3.83.